The van der Waals surface area contributed by atoms with Gasteiger partial charge in [-0.2, -0.15) is 0 Å². The molecule has 0 radical (unpaired) electrons. The van der Waals surface area contributed by atoms with Crippen LogP contribution in [0, 0.1) is 6.92 Å². The van der Waals surface area contributed by atoms with Gasteiger partial charge in [0, 0.05) is 0 Å². The van der Waals surface area contributed by atoms with E-state index in [1.165, 1.54) is 0 Å². The minimum absolute atomic E-state index is 0.254. The molecule has 1 aromatic rings. The summed E-state index contributed by atoms with van der Waals surface area (Å²) < 4.78 is 11.8. The fourth-order valence-electron chi connectivity index (χ4n) is 2.05. The minimum atomic E-state index is -0.943. The van der Waals surface area contributed by atoms with E-state index in [1.54, 1.807) is 12.1 Å². The van der Waals surface area contributed by atoms with Gasteiger partial charge in [0.1, 0.15) is 0 Å². The number of carboxylic acids is 1. The smallest absolute Gasteiger partial charge is 0.478 e. The second kappa shape index (κ2) is 4.35. The van der Waals surface area contributed by atoms with Crippen LogP contribution in [0.2, 0.25) is 0 Å². The van der Waals surface area contributed by atoms with Gasteiger partial charge in [0.25, 0.3) is 0 Å². The number of aryl methyl sites for hydroxylation is 1. The van der Waals surface area contributed by atoms with Crippen LogP contribution in [0.1, 0.15) is 43.6 Å². The van der Waals surface area contributed by atoms with Gasteiger partial charge < -0.3 is 14.4 Å². The molecule has 5 heteroatoms. The molecule has 4 nitrogen and oxygen atoms in total. The third-order valence-corrected chi connectivity index (χ3v) is 3.87. The highest BCUT2D eigenvalue weighted by molar-refractivity contribution is 6.62. The van der Waals surface area contributed by atoms with Gasteiger partial charge in [0.15, 0.2) is 0 Å². The first kappa shape index (κ1) is 14.1. The van der Waals surface area contributed by atoms with E-state index in [9.17, 15) is 4.79 Å². The molecule has 19 heavy (non-hydrogen) atoms. The summed E-state index contributed by atoms with van der Waals surface area (Å²) in [6.07, 6.45) is 0. The number of rotatable bonds is 2. The summed E-state index contributed by atoms with van der Waals surface area (Å²) in [6.45, 7) is 9.75. The van der Waals surface area contributed by atoms with Gasteiger partial charge in [0.2, 0.25) is 0 Å². The lowest BCUT2D eigenvalue weighted by Crippen LogP contribution is -2.41. The summed E-state index contributed by atoms with van der Waals surface area (Å²) in [5, 5.41) is 9.10. The summed E-state index contributed by atoms with van der Waals surface area (Å²) in [4.78, 5) is 11.1. The van der Waals surface area contributed by atoms with Crippen molar-refractivity contribution in [3.8, 4) is 0 Å². The first-order chi connectivity index (χ1) is 8.62. The van der Waals surface area contributed by atoms with Crippen LogP contribution in [0.5, 0.6) is 0 Å². The number of carbonyl (C=O) groups is 1. The number of aromatic carboxylic acids is 1. The molecule has 1 fully saturated rings. The van der Waals surface area contributed by atoms with E-state index in [0.29, 0.717) is 0 Å². The maximum atomic E-state index is 11.1. The van der Waals surface area contributed by atoms with Crippen LogP contribution in [0.4, 0.5) is 0 Å². The maximum absolute atomic E-state index is 11.1. The predicted octanol–water partition coefficient (Wildman–Crippen LogP) is 1.99. The SMILES string of the molecule is Cc1cc(B2OC(C)(C)C(C)(C)O2)cc(C(=O)O)c1. The summed E-state index contributed by atoms with van der Waals surface area (Å²) in [5.41, 5.74) is 1.03. The van der Waals surface area contributed by atoms with Crippen LogP contribution >= 0.6 is 0 Å². The fraction of sp³-hybridized carbons (Fsp3) is 0.500. The van der Waals surface area contributed by atoms with E-state index in [-0.39, 0.29) is 5.56 Å². The van der Waals surface area contributed by atoms with E-state index < -0.39 is 24.3 Å². The van der Waals surface area contributed by atoms with E-state index in [1.807, 2.05) is 40.7 Å². The highest BCUT2D eigenvalue weighted by Crippen LogP contribution is 2.36. The second-order valence-electron chi connectivity index (χ2n) is 6.03. The minimum Gasteiger partial charge on any atom is -0.478 e. The predicted molar refractivity (Wildman–Crippen MR) is 73.9 cm³/mol. The average Bonchev–Trinajstić information content (AvgIpc) is 2.47. The van der Waals surface area contributed by atoms with Gasteiger partial charge >= 0.3 is 13.1 Å². The third kappa shape index (κ3) is 2.53. The molecule has 1 aliphatic rings. The van der Waals surface area contributed by atoms with Crippen molar-refractivity contribution in [3.63, 3.8) is 0 Å². The lowest BCUT2D eigenvalue weighted by molar-refractivity contribution is 0.00578. The average molecular weight is 262 g/mol. The van der Waals surface area contributed by atoms with Crippen molar-refractivity contribution in [1.29, 1.82) is 0 Å². The van der Waals surface area contributed by atoms with Crippen LogP contribution in [-0.4, -0.2) is 29.4 Å². The van der Waals surface area contributed by atoms with Gasteiger partial charge in [-0.15, -0.1) is 0 Å². The first-order valence-corrected chi connectivity index (χ1v) is 6.33. The van der Waals surface area contributed by atoms with Crippen molar-refractivity contribution in [2.24, 2.45) is 0 Å². The third-order valence-electron chi connectivity index (χ3n) is 3.87. The Labute approximate surface area is 113 Å². The van der Waals surface area contributed by atoms with Crippen molar-refractivity contribution >= 4 is 18.6 Å². The van der Waals surface area contributed by atoms with E-state index in [2.05, 4.69) is 0 Å². The summed E-state index contributed by atoms with van der Waals surface area (Å²) >= 11 is 0. The molecule has 0 aliphatic carbocycles. The molecule has 0 unspecified atom stereocenters. The monoisotopic (exact) mass is 262 g/mol. The van der Waals surface area contributed by atoms with Crippen LogP contribution in [0.3, 0.4) is 0 Å². The van der Waals surface area contributed by atoms with Crippen molar-refractivity contribution in [3.05, 3.63) is 29.3 Å². The zero-order valence-electron chi connectivity index (χ0n) is 12.0. The molecule has 1 aliphatic heterocycles. The molecule has 1 N–H and O–H groups in total. The molecule has 0 bridgehead atoms. The van der Waals surface area contributed by atoms with Crippen LogP contribution in [0.15, 0.2) is 18.2 Å². The number of benzene rings is 1. The van der Waals surface area contributed by atoms with Crippen LogP contribution in [0.25, 0.3) is 0 Å². The molecule has 1 heterocycles. The summed E-state index contributed by atoms with van der Waals surface area (Å²) in [5.74, 6) is -0.943. The first-order valence-electron chi connectivity index (χ1n) is 6.33. The quantitative estimate of drug-likeness (QED) is 0.828. The van der Waals surface area contributed by atoms with Crippen LogP contribution in [-0.2, 0) is 9.31 Å². The number of carboxylic acid groups (broad SMARTS) is 1. The second-order valence-corrected chi connectivity index (χ2v) is 6.03. The summed E-state index contributed by atoms with van der Waals surface area (Å²) in [7, 11) is -0.525. The van der Waals surface area contributed by atoms with Crippen molar-refractivity contribution < 1.29 is 19.2 Å². The van der Waals surface area contributed by atoms with Crippen molar-refractivity contribution in [1.82, 2.24) is 0 Å². The number of hydrogen-bond donors (Lipinski definition) is 1. The van der Waals surface area contributed by atoms with E-state index >= 15 is 0 Å². The van der Waals surface area contributed by atoms with Gasteiger partial charge in [-0.3, -0.25) is 0 Å². The molecule has 0 aromatic heterocycles. The van der Waals surface area contributed by atoms with Crippen molar-refractivity contribution in [2.45, 2.75) is 45.8 Å². The van der Waals surface area contributed by atoms with Gasteiger partial charge in [-0.05, 0) is 52.2 Å². The van der Waals surface area contributed by atoms with Crippen molar-refractivity contribution in [2.75, 3.05) is 0 Å². The number of hydrogen-bond acceptors (Lipinski definition) is 3. The molecule has 1 saturated heterocycles. The molecular weight excluding hydrogens is 243 g/mol. The zero-order chi connectivity index (χ0) is 14.4. The standard InChI is InChI=1S/C14H19BO4/c1-9-6-10(12(16)17)8-11(7-9)15-18-13(2,3)14(4,5)19-15/h6-8H,1-5H3,(H,16,17). The molecule has 1 aromatic carbocycles. The molecule has 102 valence electrons. The Morgan fingerprint density at radius 2 is 1.63 bits per heavy atom. The summed E-state index contributed by atoms with van der Waals surface area (Å²) in [6, 6.07) is 5.14. The Morgan fingerprint density at radius 3 is 2.11 bits per heavy atom. The Balaban J connectivity index is 2.37. The Kier molecular flexibility index (Phi) is 3.23. The lowest BCUT2D eigenvalue weighted by Gasteiger charge is -2.32. The molecule has 2 rings (SSSR count). The molecular formula is C14H19BO4. The highest BCUT2D eigenvalue weighted by atomic mass is 16.7. The van der Waals surface area contributed by atoms with Crippen LogP contribution < -0.4 is 5.46 Å². The van der Waals surface area contributed by atoms with E-state index in [4.69, 9.17) is 14.4 Å². The zero-order valence-corrected chi connectivity index (χ0v) is 12.0. The topological polar surface area (TPSA) is 55.8 Å². The fourth-order valence-corrected chi connectivity index (χ4v) is 2.05. The Bertz CT molecular complexity index is 506. The molecule has 0 atom stereocenters. The molecule has 0 amide bonds. The van der Waals surface area contributed by atoms with E-state index in [0.717, 1.165) is 11.0 Å². The normalized spacial score (nSPS) is 20.6. The van der Waals surface area contributed by atoms with Gasteiger partial charge in [0.05, 0.1) is 16.8 Å². The van der Waals surface area contributed by atoms with Gasteiger partial charge in [-0.25, -0.2) is 4.79 Å². The molecule has 0 saturated carbocycles. The Hall–Kier alpha value is -1.33. The Morgan fingerprint density at radius 1 is 1.11 bits per heavy atom. The highest BCUT2D eigenvalue weighted by Gasteiger charge is 2.51. The largest absolute Gasteiger partial charge is 0.494 e. The molecule has 0 spiro atoms. The maximum Gasteiger partial charge on any atom is 0.494 e. The van der Waals surface area contributed by atoms with Gasteiger partial charge in [-0.1, -0.05) is 11.6 Å². The lowest BCUT2D eigenvalue weighted by atomic mass is 9.77.